The molecule has 0 amide bonds. The number of rotatable bonds is 3. The summed E-state index contributed by atoms with van der Waals surface area (Å²) in [6.07, 6.45) is 0. The van der Waals surface area contributed by atoms with Crippen LogP contribution in [0.25, 0.3) is 0 Å². The van der Waals surface area contributed by atoms with E-state index in [2.05, 4.69) is 9.71 Å². The molecule has 0 bridgehead atoms. The van der Waals surface area contributed by atoms with Gasteiger partial charge in [0, 0.05) is 5.69 Å². The van der Waals surface area contributed by atoms with E-state index in [1.54, 1.807) is 6.07 Å². The number of nitrogen functional groups attached to an aromatic ring is 1. The van der Waals surface area contributed by atoms with Gasteiger partial charge < -0.3 is 5.73 Å². The maximum atomic E-state index is 12.1. The molecule has 2 aromatic rings. The first-order valence-corrected chi connectivity index (χ1v) is 7.33. The van der Waals surface area contributed by atoms with E-state index >= 15 is 0 Å². The molecule has 0 atom stereocenters. The molecule has 8 heteroatoms. The van der Waals surface area contributed by atoms with Crippen LogP contribution in [0.1, 0.15) is 0 Å². The van der Waals surface area contributed by atoms with Gasteiger partial charge in [0.15, 0.2) is 0 Å². The number of hydrogen-bond donors (Lipinski definition) is 2. The van der Waals surface area contributed by atoms with E-state index in [9.17, 15) is 8.42 Å². The van der Waals surface area contributed by atoms with Crippen LogP contribution in [-0.4, -0.2) is 13.4 Å². The highest BCUT2D eigenvalue weighted by Gasteiger charge is 2.18. The third-order valence-corrected chi connectivity index (χ3v) is 4.25. The number of nitrogens with two attached hydrogens (primary N) is 1. The number of nitrogens with zero attached hydrogens (tertiary/aromatic N) is 1. The molecule has 0 aliphatic rings. The molecule has 0 fully saturated rings. The number of nitrogens with one attached hydrogen (secondary N) is 1. The molecule has 0 saturated heterocycles. The second-order valence-corrected chi connectivity index (χ2v) is 6.09. The van der Waals surface area contributed by atoms with Gasteiger partial charge in [0.05, 0.1) is 5.02 Å². The minimum absolute atomic E-state index is 0.0366. The molecule has 1 aromatic heterocycles. The van der Waals surface area contributed by atoms with Crippen molar-refractivity contribution in [2.75, 3.05) is 10.5 Å². The molecule has 2 rings (SSSR count). The quantitative estimate of drug-likeness (QED) is 0.673. The lowest BCUT2D eigenvalue weighted by Crippen LogP contribution is -2.14. The standard InChI is InChI=1S/C11H9Cl2N3O2S/c12-8-6-7(14)4-5-9(8)19(17,18)16-11-3-1-2-10(13)15-11/h1-6H,14H2,(H,15,16). The average Bonchev–Trinajstić information content (AvgIpc) is 2.27. The number of aromatic nitrogens is 1. The van der Waals surface area contributed by atoms with Crippen LogP contribution >= 0.6 is 23.2 Å². The number of pyridine rings is 1. The SMILES string of the molecule is Nc1ccc(S(=O)(=O)Nc2cccc(Cl)n2)c(Cl)c1. The third-order valence-electron chi connectivity index (χ3n) is 2.20. The molecule has 5 nitrogen and oxygen atoms in total. The Morgan fingerprint density at radius 3 is 2.53 bits per heavy atom. The Kier molecular flexibility index (Phi) is 3.84. The molecule has 19 heavy (non-hydrogen) atoms. The summed E-state index contributed by atoms with van der Waals surface area (Å²) < 4.78 is 26.5. The first kappa shape index (κ1) is 13.9. The van der Waals surface area contributed by atoms with Crippen molar-refractivity contribution in [1.82, 2.24) is 4.98 Å². The molecule has 0 aliphatic carbocycles. The molecule has 1 aromatic carbocycles. The fourth-order valence-electron chi connectivity index (χ4n) is 1.39. The van der Waals surface area contributed by atoms with Crippen LogP contribution in [0.15, 0.2) is 41.3 Å². The van der Waals surface area contributed by atoms with Gasteiger partial charge in [-0.05, 0) is 30.3 Å². The summed E-state index contributed by atoms with van der Waals surface area (Å²) in [6, 6.07) is 8.74. The normalized spacial score (nSPS) is 11.3. The Labute approximate surface area is 120 Å². The van der Waals surface area contributed by atoms with Crippen molar-refractivity contribution in [2.24, 2.45) is 0 Å². The number of anilines is 2. The van der Waals surface area contributed by atoms with Gasteiger partial charge in [0.2, 0.25) is 0 Å². The highest BCUT2D eigenvalue weighted by atomic mass is 35.5. The van der Waals surface area contributed by atoms with Crippen LogP contribution < -0.4 is 10.5 Å². The van der Waals surface area contributed by atoms with Crippen LogP contribution in [0.5, 0.6) is 0 Å². The van der Waals surface area contributed by atoms with Crippen LogP contribution in [-0.2, 0) is 10.0 Å². The highest BCUT2D eigenvalue weighted by Crippen LogP contribution is 2.25. The Hall–Kier alpha value is -1.50. The molecular formula is C11H9Cl2N3O2S. The van der Waals surface area contributed by atoms with Crippen LogP contribution in [0, 0.1) is 0 Å². The number of benzene rings is 1. The number of halogens is 2. The fraction of sp³-hybridized carbons (Fsp3) is 0. The molecule has 0 saturated carbocycles. The zero-order valence-corrected chi connectivity index (χ0v) is 11.8. The molecule has 0 radical (unpaired) electrons. The monoisotopic (exact) mass is 317 g/mol. The third kappa shape index (κ3) is 3.28. The molecule has 3 N–H and O–H groups in total. The zero-order chi connectivity index (χ0) is 14.0. The topological polar surface area (TPSA) is 85.1 Å². The molecule has 100 valence electrons. The smallest absolute Gasteiger partial charge is 0.264 e. The molecule has 1 heterocycles. The maximum absolute atomic E-state index is 12.1. The van der Waals surface area contributed by atoms with Crippen molar-refractivity contribution in [3.8, 4) is 0 Å². The van der Waals surface area contributed by atoms with Crippen molar-refractivity contribution in [1.29, 1.82) is 0 Å². The second kappa shape index (κ2) is 5.24. The minimum Gasteiger partial charge on any atom is -0.399 e. The van der Waals surface area contributed by atoms with Crippen molar-refractivity contribution in [3.63, 3.8) is 0 Å². The lowest BCUT2D eigenvalue weighted by Gasteiger charge is -2.09. The van der Waals surface area contributed by atoms with Crippen molar-refractivity contribution >= 4 is 44.7 Å². The lowest BCUT2D eigenvalue weighted by molar-refractivity contribution is 0.601. The van der Waals surface area contributed by atoms with Crippen molar-refractivity contribution in [2.45, 2.75) is 4.90 Å². The first-order chi connectivity index (χ1) is 8.88. The lowest BCUT2D eigenvalue weighted by atomic mass is 10.3. The molecule has 0 aliphatic heterocycles. The number of hydrogen-bond acceptors (Lipinski definition) is 4. The Balaban J connectivity index is 2.38. The van der Waals surface area contributed by atoms with E-state index in [-0.39, 0.29) is 20.9 Å². The summed E-state index contributed by atoms with van der Waals surface area (Å²) in [5.41, 5.74) is 5.89. The second-order valence-electron chi connectivity index (χ2n) is 3.64. The predicted molar refractivity (Wildman–Crippen MR) is 75.9 cm³/mol. The number of sulfonamides is 1. The van der Waals surface area contributed by atoms with Crippen LogP contribution in [0.3, 0.4) is 0 Å². The maximum Gasteiger partial charge on any atom is 0.264 e. The summed E-state index contributed by atoms with van der Waals surface area (Å²) in [5, 5.41) is 0.220. The van der Waals surface area contributed by atoms with Gasteiger partial charge in [0.1, 0.15) is 15.9 Å². The summed E-state index contributed by atoms with van der Waals surface area (Å²) in [4.78, 5) is 3.76. The average molecular weight is 318 g/mol. The summed E-state index contributed by atoms with van der Waals surface area (Å²) in [5.74, 6) is 0.111. The van der Waals surface area contributed by atoms with E-state index in [1.165, 1.54) is 30.3 Å². The van der Waals surface area contributed by atoms with Gasteiger partial charge in [-0.2, -0.15) is 0 Å². The Bertz CT molecular complexity index is 720. The van der Waals surface area contributed by atoms with E-state index in [0.29, 0.717) is 5.69 Å². The Morgan fingerprint density at radius 1 is 1.16 bits per heavy atom. The van der Waals surface area contributed by atoms with Crippen LogP contribution in [0.4, 0.5) is 11.5 Å². The van der Waals surface area contributed by atoms with E-state index in [1.807, 2.05) is 0 Å². The van der Waals surface area contributed by atoms with Gasteiger partial charge in [-0.3, -0.25) is 4.72 Å². The van der Waals surface area contributed by atoms with E-state index in [4.69, 9.17) is 28.9 Å². The summed E-state index contributed by atoms with van der Waals surface area (Å²) >= 11 is 11.5. The zero-order valence-electron chi connectivity index (χ0n) is 9.47. The molecule has 0 unspecified atom stereocenters. The summed E-state index contributed by atoms with van der Waals surface area (Å²) in [7, 11) is -3.84. The summed E-state index contributed by atoms with van der Waals surface area (Å²) in [6.45, 7) is 0. The largest absolute Gasteiger partial charge is 0.399 e. The fourth-order valence-corrected chi connectivity index (χ4v) is 3.11. The van der Waals surface area contributed by atoms with Gasteiger partial charge >= 0.3 is 0 Å². The van der Waals surface area contributed by atoms with Gasteiger partial charge in [-0.1, -0.05) is 29.3 Å². The van der Waals surface area contributed by atoms with E-state index in [0.717, 1.165) is 0 Å². The van der Waals surface area contributed by atoms with Gasteiger partial charge in [-0.25, -0.2) is 13.4 Å². The minimum atomic E-state index is -3.84. The van der Waals surface area contributed by atoms with E-state index < -0.39 is 10.0 Å². The predicted octanol–water partition coefficient (Wildman–Crippen LogP) is 2.77. The van der Waals surface area contributed by atoms with Gasteiger partial charge in [-0.15, -0.1) is 0 Å². The molecule has 0 spiro atoms. The van der Waals surface area contributed by atoms with Crippen molar-refractivity contribution < 1.29 is 8.42 Å². The Morgan fingerprint density at radius 2 is 1.89 bits per heavy atom. The van der Waals surface area contributed by atoms with Crippen molar-refractivity contribution in [3.05, 3.63) is 46.6 Å². The molecular weight excluding hydrogens is 309 g/mol. The first-order valence-electron chi connectivity index (χ1n) is 5.09. The van der Waals surface area contributed by atoms with Crippen LogP contribution in [0.2, 0.25) is 10.2 Å². The highest BCUT2D eigenvalue weighted by molar-refractivity contribution is 7.92. The van der Waals surface area contributed by atoms with Gasteiger partial charge in [0.25, 0.3) is 10.0 Å².